The number of rotatable bonds is 5. The lowest BCUT2D eigenvalue weighted by atomic mass is 10.1. The van der Waals surface area contributed by atoms with Crippen molar-refractivity contribution in [3.8, 4) is 0 Å². The molecule has 1 amide bonds. The van der Waals surface area contributed by atoms with Gasteiger partial charge in [0, 0.05) is 52.4 Å². The number of aromatic amines is 1. The van der Waals surface area contributed by atoms with Crippen molar-refractivity contribution in [3.05, 3.63) is 58.9 Å². The van der Waals surface area contributed by atoms with E-state index in [0.29, 0.717) is 17.6 Å². The summed E-state index contributed by atoms with van der Waals surface area (Å²) in [5, 5.41) is 10.3. The zero-order valence-corrected chi connectivity index (χ0v) is 16.7. The van der Waals surface area contributed by atoms with Crippen LogP contribution in [-0.4, -0.2) is 76.3 Å². The number of fused-ring (bicyclic) bond motifs is 1. The molecule has 0 radical (unpaired) electrons. The predicted molar refractivity (Wildman–Crippen MR) is 109 cm³/mol. The lowest BCUT2D eigenvalue weighted by Gasteiger charge is -2.32. The molecule has 0 bridgehead atoms. The maximum atomic E-state index is 13.8. The summed E-state index contributed by atoms with van der Waals surface area (Å²) in [4.78, 5) is 19.2. The van der Waals surface area contributed by atoms with Gasteiger partial charge in [0.05, 0.1) is 5.56 Å². The number of hydrogen-bond donors (Lipinski definition) is 1. The number of hydrogen-bond acceptors (Lipinski definition) is 5. The standard InChI is InChI=1S/C21H25FN6O/c1-26-7-9-28(10-8-26)14-16-5-3-15(4-6-16)13-27(2)21(29)18-11-17(22)12-19-20(18)24-25-23-19/h3-6,11-12H,7-10,13-14H2,1-2H3,(H,23,24,25). The van der Waals surface area contributed by atoms with Gasteiger partial charge in [0.25, 0.3) is 5.91 Å². The highest BCUT2D eigenvalue weighted by molar-refractivity contribution is 6.04. The second-order valence-electron chi connectivity index (χ2n) is 7.70. The molecule has 0 aliphatic carbocycles. The first kappa shape index (κ1) is 19.5. The number of piperazine rings is 1. The summed E-state index contributed by atoms with van der Waals surface area (Å²) in [6.07, 6.45) is 0. The van der Waals surface area contributed by atoms with Crippen LogP contribution in [-0.2, 0) is 13.1 Å². The van der Waals surface area contributed by atoms with Crippen molar-refractivity contribution in [2.45, 2.75) is 13.1 Å². The van der Waals surface area contributed by atoms with E-state index in [4.69, 9.17) is 0 Å². The average Bonchev–Trinajstić information content (AvgIpc) is 3.18. The summed E-state index contributed by atoms with van der Waals surface area (Å²) < 4.78 is 13.8. The third kappa shape index (κ3) is 4.44. The van der Waals surface area contributed by atoms with Crippen LogP contribution in [0.2, 0.25) is 0 Å². The third-order valence-corrected chi connectivity index (χ3v) is 5.41. The molecule has 1 aliphatic rings. The van der Waals surface area contributed by atoms with E-state index in [0.717, 1.165) is 38.3 Å². The highest BCUT2D eigenvalue weighted by atomic mass is 19.1. The molecule has 2 aromatic carbocycles. The van der Waals surface area contributed by atoms with Crippen LogP contribution in [0.4, 0.5) is 4.39 Å². The summed E-state index contributed by atoms with van der Waals surface area (Å²) in [5.74, 6) is -0.790. The Morgan fingerprint density at radius 3 is 2.52 bits per heavy atom. The minimum Gasteiger partial charge on any atom is -0.337 e. The van der Waals surface area contributed by atoms with Crippen LogP contribution < -0.4 is 0 Å². The van der Waals surface area contributed by atoms with Gasteiger partial charge in [-0.3, -0.25) is 9.69 Å². The second-order valence-corrected chi connectivity index (χ2v) is 7.70. The van der Waals surface area contributed by atoms with Crippen molar-refractivity contribution in [1.29, 1.82) is 0 Å². The van der Waals surface area contributed by atoms with E-state index in [1.807, 2.05) is 12.1 Å². The molecule has 1 saturated heterocycles. The summed E-state index contributed by atoms with van der Waals surface area (Å²) >= 11 is 0. The van der Waals surface area contributed by atoms with Gasteiger partial charge < -0.3 is 9.80 Å². The van der Waals surface area contributed by atoms with Crippen LogP contribution in [0.5, 0.6) is 0 Å². The number of carbonyl (C=O) groups excluding carboxylic acids is 1. The molecule has 1 N–H and O–H groups in total. The van der Waals surface area contributed by atoms with Gasteiger partial charge in [-0.1, -0.05) is 24.3 Å². The summed E-state index contributed by atoms with van der Waals surface area (Å²) in [5.41, 5.74) is 3.22. The maximum absolute atomic E-state index is 13.8. The van der Waals surface area contributed by atoms with Gasteiger partial charge in [0.15, 0.2) is 0 Å². The molecule has 0 saturated carbocycles. The van der Waals surface area contributed by atoms with E-state index in [9.17, 15) is 9.18 Å². The number of benzene rings is 2. The molecule has 1 aliphatic heterocycles. The normalized spacial score (nSPS) is 15.7. The Morgan fingerprint density at radius 2 is 1.79 bits per heavy atom. The highest BCUT2D eigenvalue weighted by Gasteiger charge is 2.19. The van der Waals surface area contributed by atoms with Crippen molar-refractivity contribution in [3.63, 3.8) is 0 Å². The van der Waals surface area contributed by atoms with Crippen molar-refractivity contribution in [2.75, 3.05) is 40.3 Å². The van der Waals surface area contributed by atoms with Crippen molar-refractivity contribution in [1.82, 2.24) is 30.1 Å². The van der Waals surface area contributed by atoms with E-state index < -0.39 is 5.82 Å². The Kier molecular flexibility index (Phi) is 5.55. The number of nitrogens with one attached hydrogen (secondary N) is 1. The van der Waals surface area contributed by atoms with Crippen LogP contribution in [0, 0.1) is 5.82 Å². The molecule has 1 fully saturated rings. The Bertz CT molecular complexity index is 994. The number of halogens is 1. The van der Waals surface area contributed by atoms with E-state index in [-0.39, 0.29) is 11.5 Å². The smallest absolute Gasteiger partial charge is 0.256 e. The van der Waals surface area contributed by atoms with Crippen molar-refractivity contribution < 1.29 is 9.18 Å². The Hall–Kier alpha value is -2.84. The highest BCUT2D eigenvalue weighted by Crippen LogP contribution is 2.19. The summed E-state index contributed by atoms with van der Waals surface area (Å²) in [7, 11) is 3.86. The topological polar surface area (TPSA) is 68.4 Å². The SMILES string of the molecule is CN1CCN(Cc2ccc(CN(C)C(=O)c3cc(F)cc4n[nH]nc34)cc2)CC1. The predicted octanol–water partition coefficient (Wildman–Crippen LogP) is 2.12. The van der Waals surface area contributed by atoms with E-state index in [1.54, 1.807) is 11.9 Å². The van der Waals surface area contributed by atoms with Crippen LogP contribution in [0.1, 0.15) is 21.5 Å². The Labute approximate surface area is 169 Å². The van der Waals surface area contributed by atoms with Gasteiger partial charge in [-0.25, -0.2) is 4.39 Å². The molecule has 4 rings (SSSR count). The van der Waals surface area contributed by atoms with Crippen molar-refractivity contribution in [2.24, 2.45) is 0 Å². The molecule has 7 nitrogen and oxygen atoms in total. The number of likely N-dealkylation sites (N-methyl/N-ethyl adjacent to an activating group) is 1. The number of nitrogens with zero attached hydrogens (tertiary/aromatic N) is 5. The monoisotopic (exact) mass is 396 g/mol. The largest absolute Gasteiger partial charge is 0.337 e. The van der Waals surface area contributed by atoms with Crippen LogP contribution in [0.3, 0.4) is 0 Å². The first-order chi connectivity index (χ1) is 14.0. The Balaban J connectivity index is 1.40. The van der Waals surface area contributed by atoms with Gasteiger partial charge >= 0.3 is 0 Å². The average molecular weight is 396 g/mol. The first-order valence-corrected chi connectivity index (χ1v) is 9.74. The molecule has 1 aromatic heterocycles. The third-order valence-electron chi connectivity index (χ3n) is 5.41. The van der Waals surface area contributed by atoms with Crippen LogP contribution >= 0.6 is 0 Å². The molecule has 0 unspecified atom stereocenters. The first-order valence-electron chi connectivity index (χ1n) is 9.74. The Morgan fingerprint density at radius 1 is 1.10 bits per heavy atom. The second kappa shape index (κ2) is 8.26. The lowest BCUT2D eigenvalue weighted by Crippen LogP contribution is -2.43. The van der Waals surface area contributed by atoms with Gasteiger partial charge in [0.1, 0.15) is 16.9 Å². The van der Waals surface area contributed by atoms with Gasteiger partial charge in [-0.15, -0.1) is 0 Å². The summed E-state index contributed by atoms with van der Waals surface area (Å²) in [6.45, 7) is 5.74. The molecule has 2 heterocycles. The van der Waals surface area contributed by atoms with E-state index >= 15 is 0 Å². The van der Waals surface area contributed by atoms with Gasteiger partial charge in [0.2, 0.25) is 0 Å². The minimum atomic E-state index is -0.503. The molecule has 3 aromatic rings. The fraction of sp³-hybridized carbons (Fsp3) is 0.381. The van der Waals surface area contributed by atoms with E-state index in [1.165, 1.54) is 17.7 Å². The minimum absolute atomic E-state index is 0.211. The fourth-order valence-electron chi connectivity index (χ4n) is 3.65. The molecule has 0 spiro atoms. The maximum Gasteiger partial charge on any atom is 0.256 e. The fourth-order valence-corrected chi connectivity index (χ4v) is 3.65. The molecule has 8 heteroatoms. The van der Waals surface area contributed by atoms with Crippen LogP contribution in [0.15, 0.2) is 36.4 Å². The molecule has 29 heavy (non-hydrogen) atoms. The number of carbonyl (C=O) groups is 1. The zero-order chi connectivity index (χ0) is 20.4. The van der Waals surface area contributed by atoms with E-state index in [2.05, 4.69) is 44.4 Å². The molecule has 0 atom stereocenters. The zero-order valence-electron chi connectivity index (χ0n) is 16.7. The number of H-pyrrole nitrogens is 1. The number of aromatic nitrogens is 3. The molecule has 152 valence electrons. The lowest BCUT2D eigenvalue weighted by molar-refractivity contribution is 0.0786. The molecular weight excluding hydrogens is 371 g/mol. The summed E-state index contributed by atoms with van der Waals surface area (Å²) in [6, 6.07) is 10.8. The molecular formula is C21H25FN6O. The van der Waals surface area contributed by atoms with Gasteiger partial charge in [-0.2, -0.15) is 15.4 Å². The van der Waals surface area contributed by atoms with Gasteiger partial charge in [-0.05, 0) is 24.2 Å². The van der Waals surface area contributed by atoms with Crippen LogP contribution in [0.25, 0.3) is 11.0 Å². The number of amides is 1. The quantitative estimate of drug-likeness (QED) is 0.716. The van der Waals surface area contributed by atoms with Crippen molar-refractivity contribution >= 4 is 16.9 Å².